The molecule has 3 aliphatic rings. The molecule has 0 aromatic carbocycles. The first-order valence-corrected chi connectivity index (χ1v) is 9.32. The van der Waals surface area contributed by atoms with Crippen LogP contribution in [0.2, 0.25) is 0 Å². The summed E-state index contributed by atoms with van der Waals surface area (Å²) in [7, 11) is 1.45. The van der Waals surface area contributed by atoms with Crippen LogP contribution in [-0.4, -0.2) is 84.9 Å². The van der Waals surface area contributed by atoms with Crippen molar-refractivity contribution >= 4 is 17.8 Å². The van der Waals surface area contributed by atoms with Gasteiger partial charge < -0.3 is 19.3 Å². The largest absolute Gasteiger partial charge is 0.442 e. The molecule has 29 heavy (non-hydrogen) atoms. The molecule has 158 valence electrons. The summed E-state index contributed by atoms with van der Waals surface area (Å²) in [4.78, 5) is 33.5. The maximum atomic E-state index is 12.7. The van der Waals surface area contributed by atoms with Crippen LogP contribution in [0.25, 0.3) is 0 Å². The van der Waals surface area contributed by atoms with Gasteiger partial charge in [0.1, 0.15) is 18.5 Å². The summed E-state index contributed by atoms with van der Waals surface area (Å²) in [6.07, 6.45) is -3.77. The number of hydrogen-bond donors (Lipinski definition) is 0. The minimum Gasteiger partial charge on any atom is -0.442 e. The van der Waals surface area contributed by atoms with E-state index in [1.165, 1.54) is 13.2 Å². The highest BCUT2D eigenvalue weighted by Crippen LogP contribution is 2.34. The number of nitrogens with zero attached hydrogens (tertiary/aromatic N) is 4. The summed E-state index contributed by atoms with van der Waals surface area (Å²) in [6, 6.07) is 1.95. The number of amides is 2. The molecule has 0 spiro atoms. The Morgan fingerprint density at radius 3 is 2.76 bits per heavy atom. The number of likely N-dealkylation sites (tertiary alicyclic amines) is 1. The van der Waals surface area contributed by atoms with Crippen LogP contribution in [0.15, 0.2) is 18.3 Å². The van der Waals surface area contributed by atoms with E-state index in [4.69, 9.17) is 9.47 Å². The van der Waals surface area contributed by atoms with Crippen molar-refractivity contribution in [2.75, 3.05) is 44.8 Å². The first-order chi connectivity index (χ1) is 13.8. The fourth-order valence-electron chi connectivity index (χ4n) is 4.22. The van der Waals surface area contributed by atoms with Gasteiger partial charge in [0, 0.05) is 32.9 Å². The number of hydrogen-bond acceptors (Lipinski definition) is 6. The molecule has 3 atom stereocenters. The van der Waals surface area contributed by atoms with E-state index in [2.05, 4.69) is 4.98 Å². The third-order valence-corrected chi connectivity index (χ3v) is 5.63. The molecular formula is C18H21F3N4O4. The predicted molar refractivity (Wildman–Crippen MR) is 94.2 cm³/mol. The van der Waals surface area contributed by atoms with Crippen LogP contribution in [0.4, 0.5) is 23.8 Å². The number of alkyl halides is 3. The lowest BCUT2D eigenvalue weighted by Gasteiger charge is -2.28. The Morgan fingerprint density at radius 2 is 2.10 bits per heavy atom. The number of fused-ring (bicyclic) bond motifs is 1. The Labute approximate surface area is 165 Å². The highest BCUT2D eigenvalue weighted by molar-refractivity contribution is 5.78. The average molecular weight is 414 g/mol. The van der Waals surface area contributed by atoms with Crippen LogP contribution < -0.4 is 4.90 Å². The third-order valence-electron chi connectivity index (χ3n) is 5.63. The van der Waals surface area contributed by atoms with Crippen molar-refractivity contribution in [2.45, 2.75) is 30.8 Å². The lowest BCUT2D eigenvalue weighted by molar-refractivity contribution is -0.138. The molecule has 4 heterocycles. The molecule has 3 aliphatic heterocycles. The number of carbonyl (C=O) groups excluding carboxylic acids is 2. The van der Waals surface area contributed by atoms with Crippen LogP contribution in [0.3, 0.4) is 0 Å². The van der Waals surface area contributed by atoms with Crippen molar-refractivity contribution in [3.8, 4) is 0 Å². The first kappa shape index (κ1) is 19.7. The maximum absolute atomic E-state index is 12.7. The molecule has 11 heteroatoms. The average Bonchev–Trinajstić information content (AvgIpc) is 3.35. The van der Waals surface area contributed by atoms with E-state index in [1.54, 1.807) is 9.80 Å². The standard InChI is InChI=1S/C18H21F3N4O4/c1-28-10-16(26)23-5-4-12(7-23)25-13-8-24(9-14(13)29-17(25)27)15-3-2-11(6-22-15)18(19,20)21/h2-3,6,12-14H,4-5,7-10H2,1H3/t12?,13-,14+/m1/s1. The Kier molecular flexibility index (Phi) is 5.01. The molecule has 8 nitrogen and oxygen atoms in total. The topological polar surface area (TPSA) is 75.2 Å². The summed E-state index contributed by atoms with van der Waals surface area (Å²) >= 11 is 0. The second-order valence-corrected chi connectivity index (χ2v) is 7.42. The van der Waals surface area contributed by atoms with Gasteiger partial charge >= 0.3 is 12.3 Å². The molecule has 0 radical (unpaired) electrons. The second-order valence-electron chi connectivity index (χ2n) is 7.42. The number of aromatic nitrogens is 1. The summed E-state index contributed by atoms with van der Waals surface area (Å²) in [6.45, 7) is 1.73. The molecule has 0 N–H and O–H groups in total. The number of rotatable bonds is 4. The van der Waals surface area contributed by atoms with Crippen LogP contribution in [-0.2, 0) is 20.4 Å². The van der Waals surface area contributed by atoms with Crippen molar-refractivity contribution in [1.82, 2.24) is 14.8 Å². The minimum absolute atomic E-state index is 0.00338. The third kappa shape index (κ3) is 3.70. The molecule has 1 aromatic rings. The van der Waals surface area contributed by atoms with Gasteiger partial charge in [0.05, 0.1) is 24.2 Å². The molecule has 1 unspecified atom stereocenters. The zero-order valence-electron chi connectivity index (χ0n) is 15.8. The van der Waals surface area contributed by atoms with Gasteiger partial charge in [-0.25, -0.2) is 9.78 Å². The number of methoxy groups -OCH3 is 1. The molecule has 0 aliphatic carbocycles. The van der Waals surface area contributed by atoms with Crippen LogP contribution in [0.1, 0.15) is 12.0 Å². The van der Waals surface area contributed by atoms with Gasteiger partial charge in [0.25, 0.3) is 0 Å². The molecule has 0 saturated carbocycles. The van der Waals surface area contributed by atoms with Crippen LogP contribution in [0, 0.1) is 0 Å². The van der Waals surface area contributed by atoms with E-state index >= 15 is 0 Å². The van der Waals surface area contributed by atoms with Crippen LogP contribution in [0.5, 0.6) is 0 Å². The summed E-state index contributed by atoms with van der Waals surface area (Å²) in [5.41, 5.74) is -0.805. The van der Waals surface area contributed by atoms with E-state index in [0.29, 0.717) is 38.4 Å². The number of pyridine rings is 1. The summed E-state index contributed by atoms with van der Waals surface area (Å²) in [5.74, 6) is 0.285. The first-order valence-electron chi connectivity index (χ1n) is 9.32. The van der Waals surface area contributed by atoms with E-state index in [-0.39, 0.29) is 30.7 Å². The normalized spacial score (nSPS) is 26.8. The van der Waals surface area contributed by atoms with Crippen molar-refractivity contribution < 1.29 is 32.2 Å². The Morgan fingerprint density at radius 1 is 1.31 bits per heavy atom. The van der Waals surface area contributed by atoms with Gasteiger partial charge in [-0.3, -0.25) is 9.69 Å². The van der Waals surface area contributed by atoms with E-state index in [9.17, 15) is 22.8 Å². The van der Waals surface area contributed by atoms with Crippen LogP contribution >= 0.6 is 0 Å². The number of anilines is 1. The van der Waals surface area contributed by atoms with Crippen molar-refractivity contribution in [1.29, 1.82) is 0 Å². The molecule has 3 saturated heterocycles. The molecule has 1 aromatic heterocycles. The Hall–Kier alpha value is -2.56. The monoisotopic (exact) mass is 414 g/mol. The van der Waals surface area contributed by atoms with E-state index < -0.39 is 17.8 Å². The van der Waals surface area contributed by atoms with Gasteiger partial charge in [-0.2, -0.15) is 13.2 Å². The number of ether oxygens (including phenoxy) is 2. The van der Waals surface area contributed by atoms with Crippen molar-refractivity contribution in [3.05, 3.63) is 23.9 Å². The predicted octanol–water partition coefficient (Wildman–Crippen LogP) is 1.36. The number of halogens is 3. The van der Waals surface area contributed by atoms with Gasteiger partial charge in [-0.05, 0) is 18.6 Å². The zero-order chi connectivity index (χ0) is 20.8. The van der Waals surface area contributed by atoms with Crippen molar-refractivity contribution in [3.63, 3.8) is 0 Å². The maximum Gasteiger partial charge on any atom is 0.417 e. The minimum atomic E-state index is -4.44. The van der Waals surface area contributed by atoms with Gasteiger partial charge in [-0.1, -0.05) is 0 Å². The smallest absolute Gasteiger partial charge is 0.417 e. The molecule has 4 rings (SSSR count). The Balaban J connectivity index is 1.43. The summed E-state index contributed by atoms with van der Waals surface area (Å²) in [5, 5.41) is 0. The fourth-order valence-corrected chi connectivity index (χ4v) is 4.22. The molecule has 0 bridgehead atoms. The van der Waals surface area contributed by atoms with Gasteiger partial charge in [-0.15, -0.1) is 0 Å². The lowest BCUT2D eigenvalue weighted by atomic mass is 10.1. The molecule has 3 fully saturated rings. The highest BCUT2D eigenvalue weighted by atomic mass is 19.4. The summed E-state index contributed by atoms with van der Waals surface area (Å²) < 4.78 is 48.6. The zero-order valence-corrected chi connectivity index (χ0v) is 15.8. The van der Waals surface area contributed by atoms with Gasteiger partial charge in [0.2, 0.25) is 5.91 Å². The Bertz CT molecular complexity index is 788. The molecular weight excluding hydrogens is 393 g/mol. The SMILES string of the molecule is COCC(=O)N1CCC(N2C(=O)O[C@H]3CN(c4ccc(C(F)(F)F)cn4)C[C@H]32)C1. The van der Waals surface area contributed by atoms with E-state index in [1.807, 2.05) is 4.90 Å². The second kappa shape index (κ2) is 7.36. The fraction of sp³-hybridized carbons (Fsp3) is 0.611. The highest BCUT2D eigenvalue weighted by Gasteiger charge is 2.51. The van der Waals surface area contributed by atoms with Crippen molar-refractivity contribution in [2.24, 2.45) is 0 Å². The van der Waals surface area contributed by atoms with Gasteiger partial charge in [0.15, 0.2) is 0 Å². The quantitative estimate of drug-likeness (QED) is 0.741. The molecule has 2 amide bonds. The lowest BCUT2D eigenvalue weighted by Crippen LogP contribution is -2.47. The number of carbonyl (C=O) groups is 2. The van der Waals surface area contributed by atoms with E-state index in [0.717, 1.165) is 12.3 Å².